The van der Waals surface area contributed by atoms with Gasteiger partial charge in [-0.3, -0.25) is 0 Å². The summed E-state index contributed by atoms with van der Waals surface area (Å²) in [5, 5.41) is 3.46. The van der Waals surface area contributed by atoms with Gasteiger partial charge >= 0.3 is 0 Å². The van der Waals surface area contributed by atoms with Crippen LogP contribution < -0.4 is 16.6 Å². The van der Waals surface area contributed by atoms with E-state index in [-0.39, 0.29) is 0 Å². The van der Waals surface area contributed by atoms with Gasteiger partial charge in [0, 0.05) is 24.5 Å². The van der Waals surface area contributed by atoms with Crippen LogP contribution in [0, 0.1) is 11.8 Å². The normalized spacial score (nSPS) is 24.4. The third-order valence-corrected chi connectivity index (χ3v) is 3.52. The van der Waals surface area contributed by atoms with Crippen molar-refractivity contribution in [2.75, 3.05) is 17.3 Å². The molecule has 2 unspecified atom stereocenters. The summed E-state index contributed by atoms with van der Waals surface area (Å²) < 4.78 is 0. The number of hydrogen-bond acceptors (Lipinski definition) is 4. The Kier molecular flexibility index (Phi) is 3.62. The monoisotopic (exact) mass is 220 g/mol. The molecule has 1 aromatic heterocycles. The van der Waals surface area contributed by atoms with Gasteiger partial charge in [-0.1, -0.05) is 19.8 Å². The summed E-state index contributed by atoms with van der Waals surface area (Å²) in [4.78, 5) is 4.08. The molecule has 2 atom stereocenters. The van der Waals surface area contributed by atoms with E-state index in [2.05, 4.69) is 22.7 Å². The Bertz CT molecular complexity index is 340. The number of nitrogens with zero attached hydrogens (tertiary/aromatic N) is 1. The van der Waals surface area contributed by atoms with Crippen LogP contribution in [0.15, 0.2) is 18.3 Å². The average Bonchev–Trinajstić information content (AvgIpc) is 2.72. The van der Waals surface area contributed by atoms with Gasteiger partial charge in [0.25, 0.3) is 0 Å². The van der Waals surface area contributed by atoms with Gasteiger partial charge in [0.1, 0.15) is 5.82 Å². The molecule has 1 aromatic rings. The summed E-state index contributed by atoms with van der Waals surface area (Å²) in [6.45, 7) is 3.40. The van der Waals surface area contributed by atoms with Gasteiger partial charge in [-0.15, -0.1) is 0 Å². The molecular formula is C12H20N4. The van der Waals surface area contributed by atoms with Crippen LogP contribution in [0.1, 0.15) is 26.2 Å². The number of nitrogens with two attached hydrogens (primary N) is 1. The van der Waals surface area contributed by atoms with Crippen molar-refractivity contribution in [3.8, 4) is 0 Å². The molecule has 1 fully saturated rings. The molecule has 4 nitrogen and oxygen atoms in total. The van der Waals surface area contributed by atoms with Gasteiger partial charge in [-0.2, -0.15) is 0 Å². The van der Waals surface area contributed by atoms with Crippen molar-refractivity contribution in [1.29, 1.82) is 0 Å². The highest BCUT2D eigenvalue weighted by molar-refractivity contribution is 5.51. The minimum Gasteiger partial charge on any atom is -0.385 e. The van der Waals surface area contributed by atoms with Crippen molar-refractivity contribution in [3.05, 3.63) is 18.3 Å². The Hall–Kier alpha value is -1.29. The predicted octanol–water partition coefficient (Wildman–Crippen LogP) is 2.22. The third-order valence-electron chi connectivity index (χ3n) is 3.52. The van der Waals surface area contributed by atoms with E-state index in [1.54, 1.807) is 6.20 Å². The number of nitrogen functional groups attached to an aromatic ring is 1. The first-order valence-corrected chi connectivity index (χ1v) is 5.96. The zero-order chi connectivity index (χ0) is 11.4. The minimum absolute atomic E-state index is 0.699. The van der Waals surface area contributed by atoms with E-state index >= 15 is 0 Å². The molecule has 1 aliphatic carbocycles. The van der Waals surface area contributed by atoms with E-state index in [0.717, 1.165) is 24.1 Å². The quantitative estimate of drug-likeness (QED) is 0.538. The molecule has 0 saturated heterocycles. The molecule has 4 heteroatoms. The number of pyridine rings is 1. The van der Waals surface area contributed by atoms with Gasteiger partial charge in [0.05, 0.1) is 0 Å². The molecule has 0 aromatic carbocycles. The first kappa shape index (κ1) is 11.2. The third kappa shape index (κ3) is 2.64. The Morgan fingerprint density at radius 1 is 1.50 bits per heavy atom. The Balaban J connectivity index is 1.88. The predicted molar refractivity (Wildman–Crippen MR) is 67.0 cm³/mol. The van der Waals surface area contributed by atoms with Crippen LogP contribution in [-0.4, -0.2) is 11.5 Å². The van der Waals surface area contributed by atoms with Crippen molar-refractivity contribution >= 4 is 11.5 Å². The van der Waals surface area contributed by atoms with Crippen LogP contribution in [-0.2, 0) is 0 Å². The van der Waals surface area contributed by atoms with Gasteiger partial charge in [0.2, 0.25) is 0 Å². The van der Waals surface area contributed by atoms with Crippen LogP contribution in [0.2, 0.25) is 0 Å². The van der Waals surface area contributed by atoms with Crippen molar-refractivity contribution in [3.63, 3.8) is 0 Å². The van der Waals surface area contributed by atoms with Crippen LogP contribution in [0.4, 0.5) is 11.5 Å². The molecular weight excluding hydrogens is 200 g/mol. The number of hydrazine groups is 1. The molecule has 4 N–H and O–H groups in total. The lowest BCUT2D eigenvalue weighted by Gasteiger charge is -2.16. The fourth-order valence-electron chi connectivity index (χ4n) is 2.39. The minimum atomic E-state index is 0.699. The van der Waals surface area contributed by atoms with E-state index in [1.165, 1.54) is 19.3 Å². The van der Waals surface area contributed by atoms with E-state index in [9.17, 15) is 0 Å². The first-order valence-electron chi connectivity index (χ1n) is 5.96. The highest BCUT2D eigenvalue weighted by Crippen LogP contribution is 2.31. The summed E-state index contributed by atoms with van der Waals surface area (Å²) >= 11 is 0. The number of aromatic nitrogens is 1. The molecule has 2 rings (SSSR count). The van der Waals surface area contributed by atoms with Gasteiger partial charge in [-0.25, -0.2) is 10.8 Å². The van der Waals surface area contributed by atoms with Crippen molar-refractivity contribution in [2.24, 2.45) is 17.7 Å². The second-order valence-electron chi connectivity index (χ2n) is 4.62. The highest BCUT2D eigenvalue weighted by atomic mass is 15.2. The highest BCUT2D eigenvalue weighted by Gasteiger charge is 2.22. The molecule has 0 amide bonds. The second kappa shape index (κ2) is 5.16. The molecule has 88 valence electrons. The van der Waals surface area contributed by atoms with Crippen LogP contribution in [0.5, 0.6) is 0 Å². The Morgan fingerprint density at radius 2 is 2.38 bits per heavy atom. The van der Waals surface area contributed by atoms with Crippen LogP contribution in [0.25, 0.3) is 0 Å². The Morgan fingerprint density at radius 3 is 3.06 bits per heavy atom. The zero-order valence-electron chi connectivity index (χ0n) is 9.74. The molecule has 0 bridgehead atoms. The van der Waals surface area contributed by atoms with Crippen LogP contribution >= 0.6 is 0 Å². The average molecular weight is 220 g/mol. The summed E-state index contributed by atoms with van der Waals surface area (Å²) in [7, 11) is 0. The van der Waals surface area contributed by atoms with Crippen LogP contribution in [0.3, 0.4) is 0 Å². The lowest BCUT2D eigenvalue weighted by molar-refractivity contribution is 0.439. The number of nitrogens with one attached hydrogen (secondary N) is 2. The largest absolute Gasteiger partial charge is 0.385 e. The molecule has 1 heterocycles. The number of rotatable bonds is 4. The number of anilines is 2. The maximum absolute atomic E-state index is 5.32. The molecule has 1 aliphatic rings. The smallest absolute Gasteiger partial charge is 0.141 e. The molecule has 16 heavy (non-hydrogen) atoms. The second-order valence-corrected chi connectivity index (χ2v) is 4.62. The fourth-order valence-corrected chi connectivity index (χ4v) is 2.39. The lowest BCUT2D eigenvalue weighted by Crippen LogP contribution is -2.16. The summed E-state index contributed by atoms with van der Waals surface area (Å²) in [6.07, 6.45) is 5.86. The lowest BCUT2D eigenvalue weighted by atomic mass is 9.98. The molecule has 0 radical (unpaired) electrons. The van der Waals surface area contributed by atoms with Crippen molar-refractivity contribution in [1.82, 2.24) is 4.98 Å². The number of hydrogen-bond donors (Lipinski definition) is 3. The molecule has 0 spiro atoms. The first-order chi connectivity index (χ1) is 7.79. The van der Waals surface area contributed by atoms with Gasteiger partial charge in [0.15, 0.2) is 0 Å². The fraction of sp³-hybridized carbons (Fsp3) is 0.583. The topological polar surface area (TPSA) is 63.0 Å². The van der Waals surface area contributed by atoms with Crippen molar-refractivity contribution in [2.45, 2.75) is 26.2 Å². The standard InChI is InChI=1S/C12H20N4/c1-9-3-2-4-10(9)8-15-11-5-6-14-12(7-11)16-13/h5-7,9-10H,2-4,8,13H2,1H3,(H2,14,15,16). The van der Waals surface area contributed by atoms with Gasteiger partial charge in [-0.05, 0) is 24.3 Å². The van der Waals surface area contributed by atoms with Crippen molar-refractivity contribution < 1.29 is 0 Å². The zero-order valence-corrected chi connectivity index (χ0v) is 9.74. The summed E-state index contributed by atoms with van der Waals surface area (Å²) in [5.41, 5.74) is 3.64. The maximum atomic E-state index is 5.32. The van der Waals surface area contributed by atoms with E-state index in [0.29, 0.717) is 5.82 Å². The molecule has 0 aliphatic heterocycles. The van der Waals surface area contributed by atoms with E-state index in [1.807, 2.05) is 12.1 Å². The van der Waals surface area contributed by atoms with Gasteiger partial charge < -0.3 is 10.7 Å². The van der Waals surface area contributed by atoms with E-state index in [4.69, 9.17) is 5.84 Å². The van der Waals surface area contributed by atoms with E-state index < -0.39 is 0 Å². The Labute approximate surface area is 96.6 Å². The SMILES string of the molecule is CC1CCCC1CNc1ccnc(NN)c1. The maximum Gasteiger partial charge on any atom is 0.141 e. The summed E-state index contributed by atoms with van der Waals surface area (Å²) in [6, 6.07) is 3.90. The molecule has 1 saturated carbocycles. The summed E-state index contributed by atoms with van der Waals surface area (Å²) in [5.74, 6) is 7.67.